The molecule has 1 aliphatic rings. The molecule has 1 unspecified atom stereocenters. The van der Waals surface area contributed by atoms with Gasteiger partial charge in [0, 0.05) is 22.7 Å². The Morgan fingerprint density at radius 2 is 1.87 bits per heavy atom. The molecule has 4 rings (SSSR count). The molecule has 2 N–H and O–H groups in total. The summed E-state index contributed by atoms with van der Waals surface area (Å²) in [5.41, 5.74) is 2.82. The minimum absolute atomic E-state index is 0.0653. The third-order valence-electron chi connectivity index (χ3n) is 5.71. The molecule has 0 saturated heterocycles. The molecule has 0 spiro atoms. The first-order valence-corrected chi connectivity index (χ1v) is 10.8. The van der Waals surface area contributed by atoms with Crippen LogP contribution in [0.25, 0.3) is 11.4 Å². The lowest BCUT2D eigenvalue weighted by Gasteiger charge is -2.15. The smallest absolute Gasteiger partial charge is 0.254 e. The van der Waals surface area contributed by atoms with Gasteiger partial charge in [0.2, 0.25) is 5.91 Å². The van der Waals surface area contributed by atoms with Crippen LogP contribution in [0.1, 0.15) is 29.7 Å². The maximum atomic E-state index is 13.2. The SMILES string of the molecule is O=C(Cc1ccccc1Cl)NCC1CCc2nc(-c3ccc(F)cc3)[nH]c(=O)c2CC1. The highest BCUT2D eigenvalue weighted by molar-refractivity contribution is 6.31. The molecule has 7 heteroatoms. The van der Waals surface area contributed by atoms with Gasteiger partial charge in [-0.05, 0) is 67.5 Å². The number of amides is 1. The van der Waals surface area contributed by atoms with Crippen molar-refractivity contribution in [1.82, 2.24) is 15.3 Å². The molecule has 5 nitrogen and oxygen atoms in total. The number of fused-ring (bicyclic) bond motifs is 1. The quantitative estimate of drug-likeness (QED) is 0.588. The Labute approximate surface area is 184 Å². The number of H-pyrrole nitrogens is 1. The monoisotopic (exact) mass is 439 g/mol. The number of nitrogens with one attached hydrogen (secondary N) is 2. The van der Waals surface area contributed by atoms with E-state index < -0.39 is 0 Å². The Morgan fingerprint density at radius 1 is 1.13 bits per heavy atom. The molecular formula is C24H23ClFN3O2. The predicted octanol–water partition coefficient (Wildman–Crippen LogP) is 4.08. The second-order valence-corrected chi connectivity index (χ2v) is 8.27. The van der Waals surface area contributed by atoms with Crippen LogP contribution < -0.4 is 10.9 Å². The Bertz CT molecular complexity index is 1140. The molecule has 0 bridgehead atoms. The molecular weight excluding hydrogens is 417 g/mol. The van der Waals surface area contributed by atoms with Crippen LogP contribution in [0.2, 0.25) is 5.02 Å². The maximum Gasteiger partial charge on any atom is 0.254 e. The molecule has 1 aromatic heterocycles. The van der Waals surface area contributed by atoms with Gasteiger partial charge in [0.1, 0.15) is 11.6 Å². The molecule has 0 fully saturated rings. The van der Waals surface area contributed by atoms with Gasteiger partial charge in [-0.25, -0.2) is 9.37 Å². The van der Waals surface area contributed by atoms with Gasteiger partial charge in [0.15, 0.2) is 0 Å². The van der Waals surface area contributed by atoms with Gasteiger partial charge in [-0.1, -0.05) is 29.8 Å². The third kappa shape index (κ3) is 5.20. The number of aryl methyl sites for hydroxylation is 1. The lowest BCUT2D eigenvalue weighted by molar-refractivity contribution is -0.120. The van der Waals surface area contributed by atoms with Crippen LogP contribution in [0.4, 0.5) is 4.39 Å². The van der Waals surface area contributed by atoms with Crippen LogP contribution in [-0.4, -0.2) is 22.4 Å². The minimum atomic E-state index is -0.333. The zero-order chi connectivity index (χ0) is 21.8. The van der Waals surface area contributed by atoms with E-state index in [1.165, 1.54) is 12.1 Å². The molecule has 1 heterocycles. The Balaban J connectivity index is 1.39. The van der Waals surface area contributed by atoms with E-state index in [0.29, 0.717) is 41.4 Å². The fourth-order valence-corrected chi connectivity index (χ4v) is 4.13. The standard InChI is InChI=1S/C24H23ClFN3O2/c25-20-4-2-1-3-17(20)13-22(30)27-14-15-5-11-19-21(12-6-15)28-23(29-24(19)31)16-7-9-18(26)10-8-16/h1-4,7-10,15H,5-6,11-14H2,(H,27,30)(H,28,29,31). The number of benzene rings is 2. The molecule has 0 radical (unpaired) electrons. The van der Waals surface area contributed by atoms with Crippen molar-refractivity contribution < 1.29 is 9.18 Å². The predicted molar refractivity (Wildman–Crippen MR) is 119 cm³/mol. The summed E-state index contributed by atoms with van der Waals surface area (Å²) in [5.74, 6) is 0.318. The van der Waals surface area contributed by atoms with E-state index in [9.17, 15) is 14.0 Å². The number of carbonyl (C=O) groups excluding carboxylic acids is 1. The Morgan fingerprint density at radius 3 is 2.65 bits per heavy atom. The molecule has 3 aromatic rings. The highest BCUT2D eigenvalue weighted by atomic mass is 35.5. The molecule has 1 atom stereocenters. The average Bonchev–Trinajstić information content (AvgIpc) is 2.97. The largest absolute Gasteiger partial charge is 0.356 e. The lowest BCUT2D eigenvalue weighted by atomic mass is 9.99. The highest BCUT2D eigenvalue weighted by Crippen LogP contribution is 2.23. The van der Waals surface area contributed by atoms with E-state index in [-0.39, 0.29) is 29.6 Å². The van der Waals surface area contributed by atoms with Crippen LogP contribution in [-0.2, 0) is 24.1 Å². The summed E-state index contributed by atoms with van der Waals surface area (Å²) in [6.07, 6.45) is 3.17. The number of aromatic amines is 1. The van der Waals surface area contributed by atoms with E-state index in [4.69, 9.17) is 11.6 Å². The summed E-state index contributed by atoms with van der Waals surface area (Å²) in [6, 6.07) is 13.2. The van der Waals surface area contributed by atoms with Crippen molar-refractivity contribution in [3.8, 4) is 11.4 Å². The number of carbonyl (C=O) groups is 1. The number of rotatable bonds is 5. The van der Waals surface area contributed by atoms with Gasteiger partial charge < -0.3 is 10.3 Å². The van der Waals surface area contributed by atoms with Crippen molar-refractivity contribution in [2.24, 2.45) is 5.92 Å². The third-order valence-corrected chi connectivity index (χ3v) is 6.08. The van der Waals surface area contributed by atoms with E-state index in [1.54, 1.807) is 18.2 Å². The molecule has 31 heavy (non-hydrogen) atoms. The summed E-state index contributed by atoms with van der Waals surface area (Å²) >= 11 is 6.13. The zero-order valence-electron chi connectivity index (χ0n) is 17.0. The van der Waals surface area contributed by atoms with Crippen LogP contribution in [0, 0.1) is 11.7 Å². The fourth-order valence-electron chi connectivity index (χ4n) is 3.93. The number of aromatic nitrogens is 2. The lowest BCUT2D eigenvalue weighted by Crippen LogP contribution is -2.30. The summed E-state index contributed by atoms with van der Waals surface area (Å²) in [5, 5.41) is 3.59. The number of halogens is 2. The van der Waals surface area contributed by atoms with Crippen LogP contribution in [0.3, 0.4) is 0 Å². The topological polar surface area (TPSA) is 74.8 Å². The van der Waals surface area contributed by atoms with E-state index in [2.05, 4.69) is 15.3 Å². The van der Waals surface area contributed by atoms with Crippen molar-refractivity contribution in [1.29, 1.82) is 0 Å². The van der Waals surface area contributed by atoms with Crippen molar-refractivity contribution in [3.05, 3.63) is 86.5 Å². The first-order chi connectivity index (χ1) is 15.0. The number of hydrogen-bond acceptors (Lipinski definition) is 3. The van der Waals surface area contributed by atoms with Gasteiger partial charge in [0.05, 0.1) is 12.1 Å². The molecule has 2 aromatic carbocycles. The van der Waals surface area contributed by atoms with Crippen LogP contribution in [0.5, 0.6) is 0 Å². The first-order valence-electron chi connectivity index (χ1n) is 10.4. The molecule has 1 amide bonds. The van der Waals surface area contributed by atoms with Gasteiger partial charge >= 0.3 is 0 Å². The second kappa shape index (κ2) is 9.43. The molecule has 1 aliphatic carbocycles. The van der Waals surface area contributed by atoms with E-state index >= 15 is 0 Å². The maximum absolute atomic E-state index is 13.2. The Kier molecular flexibility index (Phi) is 6.47. The molecule has 0 saturated carbocycles. The van der Waals surface area contributed by atoms with Crippen molar-refractivity contribution >= 4 is 17.5 Å². The normalized spacial score (nSPS) is 15.7. The van der Waals surface area contributed by atoms with Gasteiger partial charge in [-0.15, -0.1) is 0 Å². The number of hydrogen-bond donors (Lipinski definition) is 2. The van der Waals surface area contributed by atoms with Crippen molar-refractivity contribution in [2.75, 3.05) is 6.54 Å². The highest BCUT2D eigenvalue weighted by Gasteiger charge is 2.21. The van der Waals surface area contributed by atoms with E-state index in [0.717, 1.165) is 24.1 Å². The fraction of sp³-hybridized carbons (Fsp3) is 0.292. The number of nitrogens with zero attached hydrogens (tertiary/aromatic N) is 1. The van der Waals surface area contributed by atoms with Crippen molar-refractivity contribution in [3.63, 3.8) is 0 Å². The molecule has 0 aliphatic heterocycles. The summed E-state index contributed by atoms with van der Waals surface area (Å²) < 4.78 is 13.2. The minimum Gasteiger partial charge on any atom is -0.356 e. The van der Waals surface area contributed by atoms with Crippen molar-refractivity contribution in [2.45, 2.75) is 32.1 Å². The average molecular weight is 440 g/mol. The first kappa shape index (κ1) is 21.2. The second-order valence-electron chi connectivity index (χ2n) is 7.86. The summed E-state index contributed by atoms with van der Waals surface area (Å²) in [4.78, 5) is 32.4. The Hall–Kier alpha value is -2.99. The van der Waals surface area contributed by atoms with Gasteiger partial charge in [0.25, 0.3) is 5.56 Å². The van der Waals surface area contributed by atoms with Crippen LogP contribution >= 0.6 is 11.6 Å². The zero-order valence-corrected chi connectivity index (χ0v) is 17.7. The molecule has 160 valence electrons. The van der Waals surface area contributed by atoms with E-state index in [1.807, 2.05) is 18.2 Å². The van der Waals surface area contributed by atoms with Crippen LogP contribution in [0.15, 0.2) is 53.3 Å². The van der Waals surface area contributed by atoms with Gasteiger partial charge in [-0.2, -0.15) is 0 Å². The van der Waals surface area contributed by atoms with Gasteiger partial charge in [-0.3, -0.25) is 9.59 Å². The summed E-state index contributed by atoms with van der Waals surface area (Å²) in [7, 11) is 0. The summed E-state index contributed by atoms with van der Waals surface area (Å²) in [6.45, 7) is 0.556.